The SMILES string of the molecule is Cc1scc(CNCC(F)(F)F)c1-c1ccccc1. The third-order valence-corrected chi connectivity index (χ3v) is 3.71. The molecule has 5 heteroatoms. The van der Waals surface area contributed by atoms with Crippen LogP contribution in [0, 0.1) is 6.92 Å². The molecule has 1 aromatic carbocycles. The first kappa shape index (κ1) is 14.1. The Morgan fingerprint density at radius 3 is 2.47 bits per heavy atom. The largest absolute Gasteiger partial charge is 0.401 e. The second kappa shape index (κ2) is 5.75. The van der Waals surface area contributed by atoms with Crippen molar-refractivity contribution in [2.75, 3.05) is 6.54 Å². The molecule has 0 spiro atoms. The predicted octanol–water partition coefficient (Wildman–Crippen LogP) is 4.38. The van der Waals surface area contributed by atoms with Crippen LogP contribution in [0.5, 0.6) is 0 Å². The molecule has 0 aliphatic heterocycles. The molecule has 2 aromatic rings. The van der Waals surface area contributed by atoms with E-state index in [1.54, 1.807) is 11.3 Å². The first-order chi connectivity index (χ1) is 8.97. The Balaban J connectivity index is 2.15. The van der Waals surface area contributed by atoms with Crippen molar-refractivity contribution in [3.63, 3.8) is 0 Å². The second-order valence-electron chi connectivity index (χ2n) is 4.28. The van der Waals surface area contributed by atoms with Gasteiger partial charge in [0.2, 0.25) is 0 Å². The molecule has 0 atom stereocenters. The van der Waals surface area contributed by atoms with E-state index in [1.807, 2.05) is 42.6 Å². The number of benzene rings is 1. The quantitative estimate of drug-likeness (QED) is 0.879. The van der Waals surface area contributed by atoms with Crippen molar-refractivity contribution in [3.05, 3.63) is 46.2 Å². The number of alkyl halides is 3. The van der Waals surface area contributed by atoms with Crippen molar-refractivity contribution >= 4 is 11.3 Å². The molecule has 0 saturated heterocycles. The van der Waals surface area contributed by atoms with Gasteiger partial charge >= 0.3 is 6.18 Å². The monoisotopic (exact) mass is 285 g/mol. The highest BCUT2D eigenvalue weighted by atomic mass is 32.1. The lowest BCUT2D eigenvalue weighted by molar-refractivity contribution is -0.125. The lowest BCUT2D eigenvalue weighted by Crippen LogP contribution is -2.28. The Labute approximate surface area is 114 Å². The molecule has 0 amide bonds. The average Bonchev–Trinajstić information content (AvgIpc) is 2.70. The number of hydrogen-bond acceptors (Lipinski definition) is 2. The number of hydrogen-bond donors (Lipinski definition) is 1. The molecule has 1 N–H and O–H groups in total. The first-order valence-electron chi connectivity index (χ1n) is 5.87. The number of thiophene rings is 1. The minimum absolute atomic E-state index is 0.230. The Hall–Kier alpha value is -1.33. The highest BCUT2D eigenvalue weighted by Gasteiger charge is 2.26. The van der Waals surface area contributed by atoms with Gasteiger partial charge in [-0.15, -0.1) is 11.3 Å². The summed E-state index contributed by atoms with van der Waals surface area (Å²) in [7, 11) is 0. The van der Waals surface area contributed by atoms with Crippen molar-refractivity contribution in [3.8, 4) is 11.1 Å². The van der Waals surface area contributed by atoms with E-state index >= 15 is 0 Å². The van der Waals surface area contributed by atoms with Crippen LogP contribution in [-0.2, 0) is 6.54 Å². The van der Waals surface area contributed by atoms with Crippen LogP contribution >= 0.6 is 11.3 Å². The van der Waals surface area contributed by atoms with Crippen LogP contribution in [0.2, 0.25) is 0 Å². The summed E-state index contributed by atoms with van der Waals surface area (Å²) >= 11 is 1.56. The van der Waals surface area contributed by atoms with Gasteiger partial charge < -0.3 is 5.32 Å². The molecular weight excluding hydrogens is 271 g/mol. The molecule has 102 valence electrons. The smallest absolute Gasteiger partial charge is 0.305 e. The Bertz CT molecular complexity index is 531. The van der Waals surface area contributed by atoms with E-state index in [9.17, 15) is 13.2 Å². The third-order valence-electron chi connectivity index (χ3n) is 2.75. The normalized spacial score (nSPS) is 11.8. The van der Waals surface area contributed by atoms with E-state index in [0.29, 0.717) is 0 Å². The van der Waals surface area contributed by atoms with Gasteiger partial charge in [-0.25, -0.2) is 0 Å². The van der Waals surface area contributed by atoms with Crippen molar-refractivity contribution in [1.82, 2.24) is 5.32 Å². The van der Waals surface area contributed by atoms with Crippen LogP contribution in [0.3, 0.4) is 0 Å². The number of rotatable bonds is 4. The van der Waals surface area contributed by atoms with Gasteiger partial charge in [0.1, 0.15) is 0 Å². The van der Waals surface area contributed by atoms with Crippen LogP contribution in [0.1, 0.15) is 10.4 Å². The summed E-state index contributed by atoms with van der Waals surface area (Å²) in [6, 6.07) is 9.73. The third kappa shape index (κ3) is 3.81. The Morgan fingerprint density at radius 2 is 1.84 bits per heavy atom. The van der Waals surface area contributed by atoms with Crippen molar-refractivity contribution in [2.45, 2.75) is 19.6 Å². The zero-order valence-corrected chi connectivity index (χ0v) is 11.2. The van der Waals surface area contributed by atoms with Gasteiger partial charge in [-0.2, -0.15) is 13.2 Å². The lowest BCUT2D eigenvalue weighted by Gasteiger charge is -2.09. The molecule has 2 rings (SSSR count). The molecule has 1 nitrogen and oxygen atoms in total. The van der Waals surface area contributed by atoms with Crippen LogP contribution in [0.15, 0.2) is 35.7 Å². The predicted molar refractivity (Wildman–Crippen MR) is 72.3 cm³/mol. The fourth-order valence-corrected chi connectivity index (χ4v) is 2.85. The van der Waals surface area contributed by atoms with Crippen LogP contribution in [0.25, 0.3) is 11.1 Å². The molecule has 0 aliphatic carbocycles. The molecule has 0 bridgehead atoms. The van der Waals surface area contributed by atoms with E-state index in [2.05, 4.69) is 5.32 Å². The molecule has 0 aliphatic rings. The minimum Gasteiger partial charge on any atom is -0.305 e. The minimum atomic E-state index is -4.17. The van der Waals surface area contributed by atoms with Gasteiger partial charge in [-0.3, -0.25) is 0 Å². The van der Waals surface area contributed by atoms with Gasteiger partial charge in [0, 0.05) is 11.4 Å². The highest BCUT2D eigenvalue weighted by molar-refractivity contribution is 7.10. The molecule has 0 unspecified atom stereocenters. The molecule has 0 saturated carbocycles. The van der Waals surface area contributed by atoms with Gasteiger partial charge in [0.05, 0.1) is 6.54 Å². The van der Waals surface area contributed by atoms with E-state index in [-0.39, 0.29) is 6.54 Å². The summed E-state index contributed by atoms with van der Waals surface area (Å²) in [5.41, 5.74) is 3.00. The molecule has 19 heavy (non-hydrogen) atoms. The molecule has 1 aromatic heterocycles. The van der Waals surface area contributed by atoms with Crippen molar-refractivity contribution < 1.29 is 13.2 Å². The zero-order chi connectivity index (χ0) is 13.9. The van der Waals surface area contributed by atoms with E-state index in [4.69, 9.17) is 0 Å². The van der Waals surface area contributed by atoms with E-state index < -0.39 is 12.7 Å². The maximum atomic E-state index is 12.1. The van der Waals surface area contributed by atoms with E-state index in [1.165, 1.54) is 0 Å². The molecular formula is C14H14F3NS. The van der Waals surface area contributed by atoms with E-state index in [0.717, 1.165) is 21.6 Å². The topological polar surface area (TPSA) is 12.0 Å². The average molecular weight is 285 g/mol. The maximum absolute atomic E-state index is 12.1. The lowest BCUT2D eigenvalue weighted by atomic mass is 10.0. The summed E-state index contributed by atoms with van der Waals surface area (Å²) in [5, 5.41) is 4.36. The van der Waals surface area contributed by atoms with Gasteiger partial charge in [0.15, 0.2) is 0 Å². The van der Waals surface area contributed by atoms with Gasteiger partial charge in [0.25, 0.3) is 0 Å². The summed E-state index contributed by atoms with van der Waals surface area (Å²) < 4.78 is 36.4. The van der Waals surface area contributed by atoms with Gasteiger partial charge in [-0.05, 0) is 29.0 Å². The van der Waals surface area contributed by atoms with Crippen LogP contribution < -0.4 is 5.32 Å². The summed E-state index contributed by atoms with van der Waals surface area (Å²) in [6.07, 6.45) is -4.17. The fourth-order valence-electron chi connectivity index (χ4n) is 1.97. The Morgan fingerprint density at radius 1 is 1.16 bits per heavy atom. The maximum Gasteiger partial charge on any atom is 0.401 e. The highest BCUT2D eigenvalue weighted by Crippen LogP contribution is 2.32. The van der Waals surface area contributed by atoms with Gasteiger partial charge in [-0.1, -0.05) is 30.3 Å². The zero-order valence-electron chi connectivity index (χ0n) is 10.4. The molecule has 1 heterocycles. The van der Waals surface area contributed by atoms with Crippen LogP contribution in [-0.4, -0.2) is 12.7 Å². The number of nitrogens with one attached hydrogen (secondary N) is 1. The molecule has 0 fully saturated rings. The second-order valence-corrected chi connectivity index (χ2v) is 5.36. The standard InChI is InChI=1S/C14H14F3NS/c1-10-13(11-5-3-2-4-6-11)12(8-19-10)7-18-9-14(15,16)17/h2-6,8,18H,7,9H2,1H3. The summed E-state index contributed by atoms with van der Waals surface area (Å²) in [6.45, 7) is 1.25. The summed E-state index contributed by atoms with van der Waals surface area (Å²) in [4.78, 5) is 1.12. The van der Waals surface area contributed by atoms with Crippen LogP contribution in [0.4, 0.5) is 13.2 Å². The molecule has 0 radical (unpaired) electrons. The fraction of sp³-hybridized carbons (Fsp3) is 0.286. The summed E-state index contributed by atoms with van der Waals surface area (Å²) in [5.74, 6) is 0. The first-order valence-corrected chi connectivity index (χ1v) is 6.75. The van der Waals surface area contributed by atoms with Crippen molar-refractivity contribution in [2.24, 2.45) is 0 Å². The Kier molecular flexibility index (Phi) is 4.27. The number of aryl methyl sites for hydroxylation is 1. The van der Waals surface area contributed by atoms with Crippen molar-refractivity contribution in [1.29, 1.82) is 0 Å². The number of halogens is 3.